The number of benzene rings is 3. The molecule has 32 heavy (non-hydrogen) atoms. The summed E-state index contributed by atoms with van der Waals surface area (Å²) in [5, 5.41) is 16.7. The Morgan fingerprint density at radius 1 is 0.812 bits per heavy atom. The maximum atomic E-state index is 12.2. The number of carbonyl (C=O) groups is 1. The Morgan fingerprint density at radius 2 is 1.22 bits per heavy atom. The van der Waals surface area contributed by atoms with Gasteiger partial charge in [0.1, 0.15) is 5.60 Å². The maximum Gasteiger partial charge on any atom is 0.407 e. The van der Waals surface area contributed by atoms with Crippen molar-refractivity contribution in [1.29, 1.82) is 0 Å². The first-order valence-corrected chi connectivity index (χ1v) is 10.9. The summed E-state index contributed by atoms with van der Waals surface area (Å²) < 4.78 is 5.36. The number of carbonyl (C=O) groups excluding carboxylic acids is 1. The Morgan fingerprint density at radius 3 is 1.56 bits per heavy atom. The summed E-state index contributed by atoms with van der Waals surface area (Å²) in [6.07, 6.45) is -0.512. The molecule has 0 aliphatic carbocycles. The van der Waals surface area contributed by atoms with Crippen LogP contribution in [0.15, 0.2) is 91.0 Å². The zero-order valence-corrected chi connectivity index (χ0v) is 18.9. The molecule has 0 heterocycles. The second-order valence-corrected chi connectivity index (χ2v) is 8.75. The third-order valence-corrected chi connectivity index (χ3v) is 5.15. The molecule has 1 atom stereocenters. The molecule has 0 spiro atoms. The highest BCUT2D eigenvalue weighted by atomic mass is 16.6. The highest BCUT2D eigenvalue weighted by Crippen LogP contribution is 2.37. The number of aliphatic hydroxyl groups is 1. The van der Waals surface area contributed by atoms with E-state index in [1.807, 2.05) is 75.4 Å². The van der Waals surface area contributed by atoms with Gasteiger partial charge in [0.25, 0.3) is 0 Å². The number of amides is 1. The van der Waals surface area contributed by atoms with Gasteiger partial charge < -0.3 is 15.2 Å². The minimum absolute atomic E-state index is 0.163. The average Bonchev–Trinajstić information content (AvgIpc) is 2.80. The molecule has 3 N–H and O–H groups in total. The van der Waals surface area contributed by atoms with Crippen LogP contribution in [0.5, 0.6) is 0 Å². The van der Waals surface area contributed by atoms with Crippen molar-refractivity contribution in [2.24, 2.45) is 0 Å². The van der Waals surface area contributed by atoms with E-state index in [-0.39, 0.29) is 13.2 Å². The summed E-state index contributed by atoms with van der Waals surface area (Å²) in [6.45, 7) is 5.50. The van der Waals surface area contributed by atoms with Crippen molar-refractivity contribution in [2.75, 3.05) is 13.2 Å². The Balaban J connectivity index is 2.01. The Kier molecular flexibility index (Phi) is 7.67. The molecular weight excluding hydrogens is 400 g/mol. The van der Waals surface area contributed by atoms with E-state index in [9.17, 15) is 9.90 Å². The lowest BCUT2D eigenvalue weighted by atomic mass is 9.76. The third-order valence-electron chi connectivity index (χ3n) is 5.15. The lowest BCUT2D eigenvalue weighted by Gasteiger charge is -2.40. The zero-order chi connectivity index (χ0) is 23.0. The van der Waals surface area contributed by atoms with Crippen molar-refractivity contribution >= 4 is 6.09 Å². The minimum Gasteiger partial charge on any atom is -0.444 e. The topological polar surface area (TPSA) is 70.6 Å². The quantitative estimate of drug-likeness (QED) is 0.460. The SMILES string of the molecule is CC(C)(C)OC(=O)NC[C@H](CO)NC(c1ccccc1)(c1ccccc1)c1ccccc1. The predicted molar refractivity (Wildman–Crippen MR) is 127 cm³/mol. The van der Waals surface area contributed by atoms with Gasteiger partial charge in [0.2, 0.25) is 0 Å². The smallest absolute Gasteiger partial charge is 0.407 e. The zero-order valence-electron chi connectivity index (χ0n) is 18.9. The lowest BCUT2D eigenvalue weighted by Crippen LogP contribution is -2.55. The van der Waals surface area contributed by atoms with Crippen molar-refractivity contribution in [3.63, 3.8) is 0 Å². The van der Waals surface area contributed by atoms with Crippen molar-refractivity contribution in [3.8, 4) is 0 Å². The number of hydrogen-bond acceptors (Lipinski definition) is 4. The van der Waals surface area contributed by atoms with E-state index in [2.05, 4.69) is 47.0 Å². The van der Waals surface area contributed by atoms with E-state index in [1.165, 1.54) is 0 Å². The first-order valence-electron chi connectivity index (χ1n) is 10.9. The van der Waals surface area contributed by atoms with Gasteiger partial charge >= 0.3 is 6.09 Å². The molecule has 0 aromatic heterocycles. The van der Waals surface area contributed by atoms with Gasteiger partial charge in [-0.3, -0.25) is 5.32 Å². The molecule has 168 valence electrons. The van der Waals surface area contributed by atoms with Crippen LogP contribution in [0.1, 0.15) is 37.5 Å². The van der Waals surface area contributed by atoms with Crippen LogP contribution in [0.4, 0.5) is 4.79 Å². The molecule has 0 aliphatic rings. The molecule has 0 unspecified atom stereocenters. The summed E-state index contributed by atoms with van der Waals surface area (Å²) in [5.41, 5.74) is 1.79. The summed E-state index contributed by atoms with van der Waals surface area (Å²) in [6, 6.07) is 30.0. The fourth-order valence-corrected chi connectivity index (χ4v) is 3.80. The van der Waals surface area contributed by atoms with Gasteiger partial charge in [-0.15, -0.1) is 0 Å². The highest BCUT2D eigenvalue weighted by Gasteiger charge is 2.38. The fraction of sp³-hybridized carbons (Fsp3) is 0.296. The molecule has 3 rings (SSSR count). The average molecular weight is 433 g/mol. The van der Waals surface area contributed by atoms with Crippen LogP contribution in [0.2, 0.25) is 0 Å². The predicted octanol–water partition coefficient (Wildman–Crippen LogP) is 4.45. The van der Waals surface area contributed by atoms with Gasteiger partial charge in [-0.25, -0.2) is 4.79 Å². The summed E-state index contributed by atoms with van der Waals surface area (Å²) >= 11 is 0. The van der Waals surface area contributed by atoms with E-state index in [4.69, 9.17) is 4.74 Å². The Bertz CT molecular complexity index is 873. The van der Waals surface area contributed by atoms with Crippen LogP contribution in [0, 0.1) is 0 Å². The molecule has 3 aromatic rings. The first kappa shape index (κ1) is 23.5. The maximum absolute atomic E-state index is 12.2. The Labute approximate surface area is 190 Å². The van der Waals surface area contributed by atoms with Gasteiger partial charge in [-0.2, -0.15) is 0 Å². The molecule has 3 aromatic carbocycles. The van der Waals surface area contributed by atoms with Crippen LogP contribution in [-0.2, 0) is 10.3 Å². The van der Waals surface area contributed by atoms with Crippen LogP contribution in [0.3, 0.4) is 0 Å². The van der Waals surface area contributed by atoms with Gasteiger partial charge in [-0.1, -0.05) is 91.0 Å². The number of rotatable bonds is 8. The van der Waals surface area contributed by atoms with Gasteiger partial charge in [0.15, 0.2) is 0 Å². The van der Waals surface area contributed by atoms with E-state index < -0.39 is 23.3 Å². The molecular formula is C27H32N2O3. The van der Waals surface area contributed by atoms with Crippen molar-refractivity contribution in [3.05, 3.63) is 108 Å². The van der Waals surface area contributed by atoms with E-state index >= 15 is 0 Å². The van der Waals surface area contributed by atoms with Crippen LogP contribution < -0.4 is 10.6 Å². The number of alkyl carbamates (subject to hydrolysis) is 1. The van der Waals surface area contributed by atoms with E-state index in [1.54, 1.807) is 0 Å². The normalized spacial score (nSPS) is 12.8. The molecule has 5 heteroatoms. The molecule has 1 amide bonds. The van der Waals surface area contributed by atoms with Crippen LogP contribution in [0.25, 0.3) is 0 Å². The summed E-state index contributed by atoms with van der Waals surface area (Å²) in [7, 11) is 0. The van der Waals surface area contributed by atoms with Gasteiger partial charge in [-0.05, 0) is 37.5 Å². The molecule has 0 bridgehead atoms. The largest absolute Gasteiger partial charge is 0.444 e. The Hall–Kier alpha value is -3.15. The van der Waals surface area contributed by atoms with Crippen molar-refractivity contribution < 1.29 is 14.6 Å². The third kappa shape index (κ3) is 5.75. The second-order valence-electron chi connectivity index (χ2n) is 8.75. The van der Waals surface area contributed by atoms with E-state index in [0.717, 1.165) is 16.7 Å². The minimum atomic E-state index is -0.729. The second kappa shape index (κ2) is 10.4. The molecule has 0 radical (unpaired) electrons. The van der Waals surface area contributed by atoms with Gasteiger partial charge in [0, 0.05) is 12.6 Å². The standard InChI is InChI=1S/C27H32N2O3/c1-26(2,3)32-25(31)28-19-24(20-30)29-27(21-13-7-4-8-14-21,22-15-9-5-10-16-22)23-17-11-6-12-18-23/h4-18,24,29-30H,19-20H2,1-3H3,(H,28,31)/t24-/m1/s1. The molecule has 0 aliphatic heterocycles. The number of ether oxygens (including phenoxy) is 1. The summed E-state index contributed by atoms with van der Waals surface area (Å²) in [4.78, 5) is 12.2. The molecule has 0 saturated heterocycles. The number of nitrogens with one attached hydrogen (secondary N) is 2. The van der Waals surface area contributed by atoms with Gasteiger partial charge in [0.05, 0.1) is 12.1 Å². The molecule has 0 saturated carbocycles. The van der Waals surface area contributed by atoms with Crippen molar-refractivity contribution in [2.45, 2.75) is 38.0 Å². The summed E-state index contributed by atoms with van der Waals surface area (Å²) in [5.74, 6) is 0. The number of hydrogen-bond donors (Lipinski definition) is 3. The number of aliphatic hydroxyl groups excluding tert-OH is 1. The van der Waals surface area contributed by atoms with Crippen LogP contribution >= 0.6 is 0 Å². The highest BCUT2D eigenvalue weighted by molar-refractivity contribution is 5.67. The fourth-order valence-electron chi connectivity index (χ4n) is 3.80. The van der Waals surface area contributed by atoms with E-state index in [0.29, 0.717) is 0 Å². The lowest BCUT2D eigenvalue weighted by molar-refractivity contribution is 0.0515. The van der Waals surface area contributed by atoms with Crippen LogP contribution in [-0.4, -0.2) is 36.0 Å². The molecule has 5 nitrogen and oxygen atoms in total. The monoisotopic (exact) mass is 432 g/mol. The molecule has 0 fully saturated rings. The van der Waals surface area contributed by atoms with Crippen molar-refractivity contribution in [1.82, 2.24) is 10.6 Å². The first-order chi connectivity index (χ1) is 15.3.